The molecular formula is C51H34S. The van der Waals surface area contributed by atoms with Crippen LogP contribution in [0.25, 0.3) is 97.0 Å². The summed E-state index contributed by atoms with van der Waals surface area (Å²) in [5, 5.41) is 10.4. The topological polar surface area (TPSA) is 0 Å². The molecule has 0 N–H and O–H groups in total. The molecule has 0 bridgehead atoms. The van der Waals surface area contributed by atoms with Crippen molar-refractivity contribution < 1.29 is 0 Å². The van der Waals surface area contributed by atoms with E-state index >= 15 is 0 Å². The Balaban J connectivity index is 1.09. The minimum Gasteiger partial charge on any atom is -0.135 e. The van der Waals surface area contributed by atoms with E-state index < -0.39 is 0 Å². The first-order valence-corrected chi connectivity index (χ1v) is 19.0. The van der Waals surface area contributed by atoms with Gasteiger partial charge in [0, 0.05) is 25.6 Å². The van der Waals surface area contributed by atoms with Gasteiger partial charge in [0.2, 0.25) is 0 Å². The van der Waals surface area contributed by atoms with Gasteiger partial charge < -0.3 is 0 Å². The predicted molar refractivity (Wildman–Crippen MR) is 226 cm³/mol. The summed E-state index contributed by atoms with van der Waals surface area (Å²) in [5.74, 6) is 0. The van der Waals surface area contributed by atoms with Crippen molar-refractivity contribution in [3.05, 3.63) is 181 Å². The summed E-state index contributed by atoms with van der Waals surface area (Å²) in [6, 6.07) is 63.6. The van der Waals surface area contributed by atoms with Crippen LogP contribution >= 0.6 is 11.3 Å². The molecule has 0 radical (unpaired) electrons. The molecule has 0 atom stereocenters. The van der Waals surface area contributed by atoms with Gasteiger partial charge >= 0.3 is 0 Å². The number of hydrogen-bond acceptors (Lipinski definition) is 1. The highest BCUT2D eigenvalue weighted by Crippen LogP contribution is 2.52. The fourth-order valence-electron chi connectivity index (χ4n) is 9.27. The molecule has 10 aromatic rings. The highest BCUT2D eigenvalue weighted by Gasteiger charge is 2.37. The van der Waals surface area contributed by atoms with E-state index in [0.29, 0.717) is 0 Å². The molecule has 1 heteroatoms. The summed E-state index contributed by atoms with van der Waals surface area (Å²) in [5.41, 5.74) is 13.1. The second-order valence-electron chi connectivity index (χ2n) is 14.8. The van der Waals surface area contributed by atoms with Crippen LogP contribution in [-0.2, 0) is 5.41 Å². The summed E-state index contributed by atoms with van der Waals surface area (Å²) in [6.45, 7) is 4.78. The Hall–Kier alpha value is -6.02. The number of rotatable bonds is 3. The third-order valence-electron chi connectivity index (χ3n) is 11.6. The van der Waals surface area contributed by atoms with Crippen LogP contribution in [0.4, 0.5) is 0 Å². The molecule has 0 spiro atoms. The van der Waals surface area contributed by atoms with E-state index in [9.17, 15) is 0 Å². The maximum absolute atomic E-state index is 2.45. The fraction of sp³-hybridized carbons (Fsp3) is 0.0588. The average molecular weight is 679 g/mol. The molecule has 1 aromatic heterocycles. The van der Waals surface area contributed by atoms with Crippen molar-refractivity contribution in [2.75, 3.05) is 0 Å². The summed E-state index contributed by atoms with van der Waals surface area (Å²) in [6.07, 6.45) is 0. The lowest BCUT2D eigenvalue weighted by Gasteiger charge is -2.23. The van der Waals surface area contributed by atoms with E-state index in [1.54, 1.807) is 0 Å². The van der Waals surface area contributed by atoms with Crippen LogP contribution < -0.4 is 0 Å². The normalized spacial score (nSPS) is 13.3. The molecule has 52 heavy (non-hydrogen) atoms. The lowest BCUT2D eigenvalue weighted by molar-refractivity contribution is 0.666. The van der Waals surface area contributed by atoms with Crippen molar-refractivity contribution in [2.45, 2.75) is 19.3 Å². The van der Waals surface area contributed by atoms with Crippen LogP contribution in [-0.4, -0.2) is 0 Å². The summed E-state index contributed by atoms with van der Waals surface area (Å²) < 4.78 is 2.67. The first kappa shape index (κ1) is 29.7. The van der Waals surface area contributed by atoms with Crippen LogP contribution in [0.2, 0.25) is 0 Å². The van der Waals surface area contributed by atoms with E-state index in [-0.39, 0.29) is 5.41 Å². The fourth-order valence-corrected chi connectivity index (χ4v) is 10.4. The molecule has 0 amide bonds. The van der Waals surface area contributed by atoms with Gasteiger partial charge in [0.05, 0.1) is 0 Å². The summed E-state index contributed by atoms with van der Waals surface area (Å²) in [7, 11) is 0. The van der Waals surface area contributed by atoms with Gasteiger partial charge in [-0.05, 0) is 118 Å². The molecule has 1 aliphatic carbocycles. The Labute approximate surface area is 307 Å². The lowest BCUT2D eigenvalue weighted by Crippen LogP contribution is -2.15. The van der Waals surface area contributed by atoms with E-state index in [2.05, 4.69) is 184 Å². The summed E-state index contributed by atoms with van der Waals surface area (Å²) in [4.78, 5) is 0. The van der Waals surface area contributed by atoms with Crippen molar-refractivity contribution in [3.8, 4) is 44.5 Å². The molecule has 0 fully saturated rings. The van der Waals surface area contributed by atoms with Crippen LogP contribution in [0.5, 0.6) is 0 Å². The first-order valence-electron chi connectivity index (χ1n) is 18.2. The van der Waals surface area contributed by atoms with Crippen LogP contribution in [0.3, 0.4) is 0 Å². The first-order chi connectivity index (χ1) is 25.5. The Morgan fingerprint density at radius 2 is 0.904 bits per heavy atom. The molecule has 1 aliphatic rings. The lowest BCUT2D eigenvalue weighted by atomic mass is 9.79. The van der Waals surface area contributed by atoms with Crippen LogP contribution in [0.15, 0.2) is 170 Å². The molecular weight excluding hydrogens is 645 g/mol. The highest BCUT2D eigenvalue weighted by molar-refractivity contribution is 7.25. The highest BCUT2D eigenvalue weighted by atomic mass is 32.1. The number of benzene rings is 9. The third kappa shape index (κ3) is 4.21. The zero-order valence-electron chi connectivity index (χ0n) is 29.1. The molecule has 0 nitrogen and oxygen atoms in total. The molecule has 11 rings (SSSR count). The predicted octanol–water partition coefficient (Wildman–Crippen LogP) is 14.8. The largest absolute Gasteiger partial charge is 0.135 e. The van der Waals surface area contributed by atoms with E-state index in [1.165, 1.54) is 108 Å². The zero-order valence-corrected chi connectivity index (χ0v) is 29.9. The van der Waals surface area contributed by atoms with Gasteiger partial charge in [-0.1, -0.05) is 153 Å². The Bertz CT molecular complexity index is 3040. The molecule has 1 heterocycles. The zero-order chi connectivity index (χ0) is 34.6. The molecule has 0 aliphatic heterocycles. The van der Waals surface area contributed by atoms with Crippen LogP contribution in [0, 0.1) is 0 Å². The third-order valence-corrected chi connectivity index (χ3v) is 12.8. The van der Waals surface area contributed by atoms with E-state index in [4.69, 9.17) is 0 Å². The van der Waals surface area contributed by atoms with Gasteiger partial charge in [0.25, 0.3) is 0 Å². The molecule has 244 valence electrons. The van der Waals surface area contributed by atoms with Crippen molar-refractivity contribution >= 4 is 63.8 Å². The molecule has 0 unspecified atom stereocenters. The number of thiophene rings is 1. The Morgan fingerprint density at radius 3 is 1.63 bits per heavy atom. The standard InChI is InChI=1S/C51H34S/c1-51(2)45-30-33(23-25-37(45)43-26-22-31-12-3-4-15-36(31)50(43)51)32-13-11-14-34(28-32)48-39-17-5-7-19-41(39)49(42-20-8-6-18-40(42)48)35-24-27-47-44(29-35)38-16-9-10-21-46(38)52-47/h3-30H,1-2H3. The quantitative estimate of drug-likeness (QED) is 0.163. The maximum Gasteiger partial charge on any atom is 0.0355 e. The van der Waals surface area contributed by atoms with Gasteiger partial charge in [-0.3, -0.25) is 0 Å². The van der Waals surface area contributed by atoms with Gasteiger partial charge in [-0.15, -0.1) is 11.3 Å². The van der Waals surface area contributed by atoms with Crippen molar-refractivity contribution in [2.24, 2.45) is 0 Å². The van der Waals surface area contributed by atoms with Crippen molar-refractivity contribution in [1.82, 2.24) is 0 Å². The molecule has 0 saturated heterocycles. The smallest absolute Gasteiger partial charge is 0.0355 e. The second kappa shape index (κ2) is 11.0. The van der Waals surface area contributed by atoms with Crippen molar-refractivity contribution in [1.29, 1.82) is 0 Å². The van der Waals surface area contributed by atoms with Gasteiger partial charge in [0.15, 0.2) is 0 Å². The van der Waals surface area contributed by atoms with E-state index in [0.717, 1.165) is 0 Å². The van der Waals surface area contributed by atoms with Gasteiger partial charge in [0.1, 0.15) is 0 Å². The molecule has 9 aromatic carbocycles. The van der Waals surface area contributed by atoms with Crippen molar-refractivity contribution in [3.63, 3.8) is 0 Å². The number of fused-ring (bicyclic) bond motifs is 10. The number of hydrogen-bond donors (Lipinski definition) is 0. The average Bonchev–Trinajstić information content (AvgIpc) is 3.68. The van der Waals surface area contributed by atoms with Gasteiger partial charge in [-0.25, -0.2) is 0 Å². The van der Waals surface area contributed by atoms with E-state index in [1.807, 2.05) is 11.3 Å². The molecule has 0 saturated carbocycles. The SMILES string of the molecule is CC1(C)c2cc(-c3cccc(-c4c5ccccc5c(-c5ccc6sc7ccccc7c6c5)c5ccccc45)c3)ccc2-c2ccc3ccccc3c21. The summed E-state index contributed by atoms with van der Waals surface area (Å²) >= 11 is 1.88. The Kier molecular flexibility index (Phi) is 6.27. The van der Waals surface area contributed by atoms with Crippen LogP contribution in [0.1, 0.15) is 25.0 Å². The minimum atomic E-state index is -0.0975. The Morgan fingerprint density at radius 1 is 0.365 bits per heavy atom. The second-order valence-corrected chi connectivity index (χ2v) is 15.9. The monoisotopic (exact) mass is 678 g/mol. The minimum absolute atomic E-state index is 0.0975. The van der Waals surface area contributed by atoms with Gasteiger partial charge in [-0.2, -0.15) is 0 Å². The maximum atomic E-state index is 2.45.